The van der Waals surface area contributed by atoms with E-state index in [9.17, 15) is 4.79 Å². The summed E-state index contributed by atoms with van der Waals surface area (Å²) in [7, 11) is 3.39. The summed E-state index contributed by atoms with van der Waals surface area (Å²) in [6.45, 7) is 3.17. The molecule has 3 rings (SSSR count). The van der Waals surface area contributed by atoms with Crippen LogP contribution in [0.1, 0.15) is 27.2 Å². The molecule has 0 spiro atoms. The van der Waals surface area contributed by atoms with E-state index in [-0.39, 0.29) is 11.7 Å². The van der Waals surface area contributed by atoms with Crippen LogP contribution in [0.5, 0.6) is 5.75 Å². The number of guanidine groups is 1. The number of aryl methyl sites for hydroxylation is 1. The first-order valence-electron chi connectivity index (χ1n) is 9.61. The smallest absolute Gasteiger partial charge is 0.291 e. The van der Waals surface area contributed by atoms with Crippen LogP contribution in [0.4, 0.5) is 5.69 Å². The van der Waals surface area contributed by atoms with Crippen LogP contribution < -0.4 is 20.7 Å². The molecular formula is C23H26N4O3. The van der Waals surface area contributed by atoms with E-state index in [4.69, 9.17) is 9.15 Å². The Labute approximate surface area is 176 Å². The number of carbonyl (C=O) groups excluding carboxylic acids is 1. The first-order valence-corrected chi connectivity index (χ1v) is 9.61. The number of nitrogens with zero attached hydrogens (tertiary/aromatic N) is 1. The van der Waals surface area contributed by atoms with Crippen LogP contribution in [0.3, 0.4) is 0 Å². The number of ether oxygens (including phenoxy) is 1. The molecule has 3 N–H and O–H groups in total. The van der Waals surface area contributed by atoms with Gasteiger partial charge in [-0.1, -0.05) is 24.3 Å². The van der Waals surface area contributed by atoms with Crippen LogP contribution in [0, 0.1) is 6.92 Å². The van der Waals surface area contributed by atoms with Crippen LogP contribution in [-0.4, -0.2) is 26.0 Å². The maximum Gasteiger partial charge on any atom is 0.291 e. The van der Waals surface area contributed by atoms with Gasteiger partial charge in [-0.15, -0.1) is 0 Å². The fourth-order valence-electron chi connectivity index (χ4n) is 2.94. The zero-order valence-corrected chi connectivity index (χ0v) is 17.4. The number of furan rings is 1. The fraction of sp³-hybridized carbons (Fsp3) is 0.217. The summed E-state index contributed by atoms with van der Waals surface area (Å²) in [4.78, 5) is 16.4. The highest BCUT2D eigenvalue weighted by atomic mass is 16.5. The van der Waals surface area contributed by atoms with Crippen molar-refractivity contribution in [2.45, 2.75) is 20.0 Å². The van der Waals surface area contributed by atoms with Crippen molar-refractivity contribution in [1.82, 2.24) is 10.6 Å². The number of benzene rings is 2. The Morgan fingerprint density at radius 2 is 1.90 bits per heavy atom. The fourth-order valence-corrected chi connectivity index (χ4v) is 2.94. The van der Waals surface area contributed by atoms with Gasteiger partial charge in [-0.3, -0.25) is 9.79 Å². The second-order valence-corrected chi connectivity index (χ2v) is 6.73. The van der Waals surface area contributed by atoms with Crippen molar-refractivity contribution in [2.75, 3.05) is 19.5 Å². The van der Waals surface area contributed by atoms with Gasteiger partial charge in [-0.25, -0.2) is 0 Å². The average molecular weight is 406 g/mol. The summed E-state index contributed by atoms with van der Waals surface area (Å²) in [6.07, 6.45) is 1.47. The number of aliphatic imine (C=N–C) groups is 1. The zero-order valence-electron chi connectivity index (χ0n) is 17.4. The van der Waals surface area contributed by atoms with Crippen LogP contribution in [0.2, 0.25) is 0 Å². The molecule has 0 unspecified atom stereocenters. The number of nitrogens with one attached hydrogen (secondary N) is 3. The minimum absolute atomic E-state index is 0.273. The highest BCUT2D eigenvalue weighted by Crippen LogP contribution is 2.19. The summed E-state index contributed by atoms with van der Waals surface area (Å²) in [5, 5.41) is 9.40. The molecule has 0 aliphatic rings. The normalized spacial score (nSPS) is 11.1. The topological polar surface area (TPSA) is 87.9 Å². The van der Waals surface area contributed by atoms with E-state index in [0.29, 0.717) is 24.7 Å². The van der Waals surface area contributed by atoms with Crippen LogP contribution in [0.15, 0.2) is 70.3 Å². The maximum absolute atomic E-state index is 12.1. The van der Waals surface area contributed by atoms with E-state index in [0.717, 1.165) is 22.4 Å². The molecule has 0 saturated carbocycles. The monoisotopic (exact) mass is 406 g/mol. The molecule has 1 aromatic heterocycles. The molecule has 0 bridgehead atoms. The van der Waals surface area contributed by atoms with Gasteiger partial charge in [0.2, 0.25) is 0 Å². The van der Waals surface area contributed by atoms with Crippen LogP contribution >= 0.6 is 0 Å². The van der Waals surface area contributed by atoms with Gasteiger partial charge in [0.1, 0.15) is 5.75 Å². The average Bonchev–Trinajstić information content (AvgIpc) is 3.30. The molecular weight excluding hydrogens is 380 g/mol. The minimum atomic E-state index is -0.283. The largest absolute Gasteiger partial charge is 0.496 e. The Morgan fingerprint density at radius 1 is 1.07 bits per heavy atom. The number of anilines is 1. The molecule has 1 amide bonds. The number of carbonyl (C=O) groups is 1. The predicted molar refractivity (Wildman–Crippen MR) is 118 cm³/mol. The molecule has 0 radical (unpaired) electrons. The Hall–Kier alpha value is -3.74. The predicted octanol–water partition coefficient (Wildman–Crippen LogP) is 3.71. The SMILES string of the molecule is CN=C(NCc1cccc(NC(=O)c2ccco2)c1)NCc1ccc(C)cc1OC. The van der Waals surface area contributed by atoms with Crippen molar-refractivity contribution in [2.24, 2.45) is 4.99 Å². The van der Waals surface area contributed by atoms with Crippen molar-refractivity contribution in [3.63, 3.8) is 0 Å². The molecule has 1 heterocycles. The molecule has 2 aromatic carbocycles. The number of hydrogen-bond acceptors (Lipinski definition) is 4. The number of methoxy groups -OCH3 is 1. The second-order valence-electron chi connectivity index (χ2n) is 6.73. The van der Waals surface area contributed by atoms with E-state index in [1.807, 2.05) is 43.3 Å². The lowest BCUT2D eigenvalue weighted by molar-refractivity contribution is 0.0996. The summed E-state index contributed by atoms with van der Waals surface area (Å²) in [5.74, 6) is 1.50. The summed E-state index contributed by atoms with van der Waals surface area (Å²) >= 11 is 0. The highest BCUT2D eigenvalue weighted by molar-refractivity contribution is 6.02. The number of hydrogen-bond donors (Lipinski definition) is 3. The lowest BCUT2D eigenvalue weighted by atomic mass is 10.1. The highest BCUT2D eigenvalue weighted by Gasteiger charge is 2.09. The molecule has 156 valence electrons. The summed E-state index contributed by atoms with van der Waals surface area (Å²) in [5.41, 5.74) is 3.90. The second kappa shape index (κ2) is 10.2. The molecule has 7 nitrogen and oxygen atoms in total. The lowest BCUT2D eigenvalue weighted by Crippen LogP contribution is -2.36. The first kappa shape index (κ1) is 21.0. The molecule has 0 saturated heterocycles. The van der Waals surface area contributed by atoms with Gasteiger partial charge in [0.15, 0.2) is 11.7 Å². The van der Waals surface area contributed by atoms with Gasteiger partial charge in [-0.2, -0.15) is 0 Å². The molecule has 0 aliphatic carbocycles. The van der Waals surface area contributed by atoms with Gasteiger partial charge in [0, 0.05) is 31.4 Å². The van der Waals surface area contributed by atoms with E-state index >= 15 is 0 Å². The standard InChI is InChI=1S/C23H26N4O3/c1-16-9-10-18(21(12-16)29-3)15-26-23(24-2)25-14-17-6-4-7-19(13-17)27-22(28)20-8-5-11-30-20/h4-13H,14-15H2,1-3H3,(H,27,28)(H2,24,25,26). The third kappa shape index (κ3) is 5.64. The van der Waals surface area contributed by atoms with Gasteiger partial charge < -0.3 is 25.1 Å². The molecule has 0 aliphatic heterocycles. The first-order chi connectivity index (χ1) is 14.6. The third-order valence-corrected chi connectivity index (χ3v) is 4.50. The minimum Gasteiger partial charge on any atom is -0.496 e. The van der Waals surface area contributed by atoms with Gasteiger partial charge in [0.25, 0.3) is 5.91 Å². The van der Waals surface area contributed by atoms with Gasteiger partial charge in [0.05, 0.1) is 13.4 Å². The molecule has 3 aromatic rings. The Bertz CT molecular complexity index is 1010. The Balaban J connectivity index is 1.55. The van der Waals surface area contributed by atoms with Crippen molar-refractivity contribution >= 4 is 17.6 Å². The quantitative estimate of drug-likeness (QED) is 0.411. The van der Waals surface area contributed by atoms with Crippen molar-refractivity contribution in [3.05, 3.63) is 83.3 Å². The van der Waals surface area contributed by atoms with Crippen LogP contribution in [0.25, 0.3) is 0 Å². The van der Waals surface area contributed by atoms with E-state index in [1.54, 1.807) is 26.3 Å². The number of amides is 1. The van der Waals surface area contributed by atoms with E-state index in [2.05, 4.69) is 27.0 Å². The van der Waals surface area contributed by atoms with Gasteiger partial charge in [-0.05, 0) is 48.4 Å². The van der Waals surface area contributed by atoms with Crippen molar-refractivity contribution in [3.8, 4) is 5.75 Å². The molecule has 0 fully saturated rings. The Morgan fingerprint density at radius 3 is 2.63 bits per heavy atom. The van der Waals surface area contributed by atoms with Crippen LogP contribution in [-0.2, 0) is 13.1 Å². The Kier molecular flexibility index (Phi) is 7.10. The summed E-state index contributed by atoms with van der Waals surface area (Å²) in [6, 6.07) is 17.0. The maximum atomic E-state index is 12.1. The zero-order chi connectivity index (χ0) is 21.3. The lowest BCUT2D eigenvalue weighted by Gasteiger charge is -2.14. The van der Waals surface area contributed by atoms with E-state index < -0.39 is 0 Å². The van der Waals surface area contributed by atoms with E-state index in [1.165, 1.54) is 6.26 Å². The van der Waals surface area contributed by atoms with Crippen molar-refractivity contribution < 1.29 is 13.9 Å². The molecule has 0 atom stereocenters. The number of rotatable bonds is 7. The van der Waals surface area contributed by atoms with Crippen molar-refractivity contribution in [1.29, 1.82) is 0 Å². The molecule has 7 heteroatoms. The summed E-state index contributed by atoms with van der Waals surface area (Å²) < 4.78 is 10.6. The molecule has 30 heavy (non-hydrogen) atoms. The third-order valence-electron chi connectivity index (χ3n) is 4.50. The van der Waals surface area contributed by atoms with Gasteiger partial charge >= 0.3 is 0 Å².